The number of hydrogen-bond acceptors (Lipinski definition) is 4. The van der Waals surface area contributed by atoms with Crippen LogP contribution in [-0.2, 0) is 0 Å². The van der Waals surface area contributed by atoms with Crippen molar-refractivity contribution in [3.8, 4) is 6.07 Å². The second-order valence-electron chi connectivity index (χ2n) is 7.34. The average Bonchev–Trinajstić information content (AvgIpc) is 3.22. The van der Waals surface area contributed by atoms with E-state index in [9.17, 15) is 5.26 Å². The van der Waals surface area contributed by atoms with Crippen LogP contribution in [0.5, 0.6) is 0 Å². The first-order valence-electron chi connectivity index (χ1n) is 8.21. The highest BCUT2D eigenvalue weighted by Crippen LogP contribution is 2.30. The van der Waals surface area contributed by atoms with E-state index in [0.29, 0.717) is 6.04 Å². The number of fused-ring (bicyclic) bond motifs is 1. The standard InChI is InChI=1S/C16H28N4/c1-16(11-17,18-14-5-6-14)12-20-9-7-15-13(10-20)4-3-8-19(15)2/h13-15,18H,3-10,12H2,1-2H3. The van der Waals surface area contributed by atoms with Gasteiger partial charge in [-0.15, -0.1) is 0 Å². The minimum Gasteiger partial charge on any atom is -0.303 e. The Labute approximate surface area is 123 Å². The van der Waals surface area contributed by atoms with Crippen LogP contribution >= 0.6 is 0 Å². The van der Waals surface area contributed by atoms with E-state index in [1.54, 1.807) is 0 Å². The molecule has 0 bridgehead atoms. The molecular formula is C16H28N4. The minimum absolute atomic E-state index is 0.366. The fourth-order valence-corrected chi connectivity index (χ4v) is 4.11. The van der Waals surface area contributed by atoms with Crippen molar-refractivity contribution in [1.29, 1.82) is 5.26 Å². The van der Waals surface area contributed by atoms with Gasteiger partial charge in [0.2, 0.25) is 0 Å². The van der Waals surface area contributed by atoms with Crippen molar-refractivity contribution in [3.05, 3.63) is 0 Å². The third-order valence-corrected chi connectivity index (χ3v) is 5.32. The summed E-state index contributed by atoms with van der Waals surface area (Å²) in [5.41, 5.74) is -0.366. The van der Waals surface area contributed by atoms with Gasteiger partial charge in [-0.25, -0.2) is 0 Å². The summed E-state index contributed by atoms with van der Waals surface area (Å²) in [7, 11) is 2.28. The van der Waals surface area contributed by atoms with Gasteiger partial charge in [0.05, 0.1) is 6.07 Å². The Morgan fingerprint density at radius 3 is 2.75 bits per heavy atom. The maximum Gasteiger partial charge on any atom is 0.116 e. The van der Waals surface area contributed by atoms with Gasteiger partial charge in [-0.3, -0.25) is 5.32 Å². The van der Waals surface area contributed by atoms with Crippen LogP contribution in [0, 0.1) is 17.2 Å². The fraction of sp³-hybridized carbons (Fsp3) is 0.938. The number of nitrogens with zero attached hydrogens (tertiary/aromatic N) is 3. The molecule has 0 amide bonds. The van der Waals surface area contributed by atoms with E-state index in [-0.39, 0.29) is 5.54 Å². The normalized spacial score (nSPS) is 35.0. The molecule has 3 rings (SSSR count). The molecule has 4 heteroatoms. The molecule has 3 atom stereocenters. The molecule has 3 aliphatic rings. The summed E-state index contributed by atoms with van der Waals surface area (Å²) in [5.74, 6) is 0.811. The smallest absolute Gasteiger partial charge is 0.116 e. The molecule has 112 valence electrons. The Morgan fingerprint density at radius 2 is 2.05 bits per heavy atom. The first-order chi connectivity index (χ1) is 9.59. The molecule has 3 fully saturated rings. The maximum atomic E-state index is 9.52. The number of nitriles is 1. The van der Waals surface area contributed by atoms with Crippen LogP contribution in [0.1, 0.15) is 39.0 Å². The molecule has 0 aromatic rings. The molecule has 2 aliphatic heterocycles. The van der Waals surface area contributed by atoms with Crippen molar-refractivity contribution in [2.24, 2.45) is 5.92 Å². The van der Waals surface area contributed by atoms with E-state index in [0.717, 1.165) is 25.0 Å². The van der Waals surface area contributed by atoms with Crippen LogP contribution in [0.3, 0.4) is 0 Å². The maximum absolute atomic E-state index is 9.52. The first kappa shape index (κ1) is 14.3. The van der Waals surface area contributed by atoms with E-state index in [1.165, 1.54) is 45.2 Å². The second kappa shape index (κ2) is 5.63. The highest BCUT2D eigenvalue weighted by Gasteiger charge is 2.38. The summed E-state index contributed by atoms with van der Waals surface area (Å²) in [4.78, 5) is 5.08. The van der Waals surface area contributed by atoms with Crippen LogP contribution < -0.4 is 5.32 Å². The molecule has 1 saturated carbocycles. The van der Waals surface area contributed by atoms with Crippen molar-refractivity contribution in [1.82, 2.24) is 15.1 Å². The van der Waals surface area contributed by atoms with Gasteiger partial charge in [-0.2, -0.15) is 5.26 Å². The number of nitrogens with one attached hydrogen (secondary N) is 1. The predicted molar refractivity (Wildman–Crippen MR) is 80.4 cm³/mol. The Balaban J connectivity index is 1.57. The molecule has 2 saturated heterocycles. The van der Waals surface area contributed by atoms with E-state index in [4.69, 9.17) is 0 Å². The molecule has 2 heterocycles. The lowest BCUT2D eigenvalue weighted by molar-refractivity contribution is 0.0317. The monoisotopic (exact) mass is 276 g/mol. The highest BCUT2D eigenvalue weighted by atomic mass is 15.2. The lowest BCUT2D eigenvalue weighted by atomic mass is 9.83. The van der Waals surface area contributed by atoms with Gasteiger partial charge in [-0.05, 0) is 65.1 Å². The van der Waals surface area contributed by atoms with Gasteiger partial charge in [0, 0.05) is 25.2 Å². The van der Waals surface area contributed by atoms with E-state index in [2.05, 4.69) is 35.2 Å². The molecule has 0 radical (unpaired) electrons. The highest BCUT2D eigenvalue weighted by molar-refractivity contribution is 5.09. The predicted octanol–water partition coefficient (Wildman–Crippen LogP) is 1.44. The Kier molecular flexibility index (Phi) is 4.03. The zero-order chi connectivity index (χ0) is 14.2. The van der Waals surface area contributed by atoms with E-state index < -0.39 is 0 Å². The number of likely N-dealkylation sites (tertiary alicyclic amines) is 2. The lowest BCUT2D eigenvalue weighted by Crippen LogP contribution is -2.57. The largest absolute Gasteiger partial charge is 0.303 e. The number of piperidine rings is 2. The summed E-state index contributed by atoms with van der Waals surface area (Å²) >= 11 is 0. The average molecular weight is 276 g/mol. The number of rotatable bonds is 4. The van der Waals surface area contributed by atoms with Crippen LogP contribution in [-0.4, -0.2) is 60.6 Å². The van der Waals surface area contributed by atoms with Gasteiger partial charge in [0.1, 0.15) is 5.54 Å². The van der Waals surface area contributed by atoms with Gasteiger partial charge >= 0.3 is 0 Å². The molecule has 20 heavy (non-hydrogen) atoms. The quantitative estimate of drug-likeness (QED) is 0.843. The topological polar surface area (TPSA) is 42.3 Å². The molecule has 0 aromatic heterocycles. The van der Waals surface area contributed by atoms with Gasteiger partial charge in [-0.1, -0.05) is 0 Å². The number of hydrogen-bond donors (Lipinski definition) is 1. The summed E-state index contributed by atoms with van der Waals surface area (Å²) in [5, 5.41) is 13.1. The molecule has 3 unspecified atom stereocenters. The minimum atomic E-state index is -0.366. The molecular weight excluding hydrogens is 248 g/mol. The Bertz CT molecular complexity index is 386. The Morgan fingerprint density at radius 1 is 1.25 bits per heavy atom. The Hall–Kier alpha value is -0.630. The SMILES string of the molecule is CN1CCCC2CN(CC(C)(C#N)NC3CC3)CCC21. The van der Waals surface area contributed by atoms with Gasteiger partial charge in [0.25, 0.3) is 0 Å². The third kappa shape index (κ3) is 3.16. The van der Waals surface area contributed by atoms with Crippen LogP contribution in [0.4, 0.5) is 0 Å². The molecule has 0 aromatic carbocycles. The second-order valence-corrected chi connectivity index (χ2v) is 7.34. The lowest BCUT2D eigenvalue weighted by Gasteiger charge is -2.47. The summed E-state index contributed by atoms with van der Waals surface area (Å²) < 4.78 is 0. The fourth-order valence-electron chi connectivity index (χ4n) is 4.11. The van der Waals surface area contributed by atoms with Gasteiger partial charge in [0.15, 0.2) is 0 Å². The zero-order valence-corrected chi connectivity index (χ0v) is 12.9. The van der Waals surface area contributed by atoms with Crippen molar-refractivity contribution in [2.75, 3.05) is 33.2 Å². The van der Waals surface area contributed by atoms with E-state index in [1.807, 2.05) is 0 Å². The molecule has 1 N–H and O–H groups in total. The van der Waals surface area contributed by atoms with Crippen molar-refractivity contribution < 1.29 is 0 Å². The van der Waals surface area contributed by atoms with E-state index >= 15 is 0 Å². The third-order valence-electron chi connectivity index (χ3n) is 5.32. The zero-order valence-electron chi connectivity index (χ0n) is 12.9. The van der Waals surface area contributed by atoms with Gasteiger partial charge < -0.3 is 9.80 Å². The summed E-state index contributed by atoms with van der Waals surface area (Å²) in [6, 6.07) is 3.89. The molecule has 1 aliphatic carbocycles. The van der Waals surface area contributed by atoms with Crippen LogP contribution in [0.15, 0.2) is 0 Å². The van der Waals surface area contributed by atoms with Crippen LogP contribution in [0.25, 0.3) is 0 Å². The van der Waals surface area contributed by atoms with Crippen molar-refractivity contribution >= 4 is 0 Å². The summed E-state index contributed by atoms with van der Waals surface area (Å²) in [6.45, 7) is 6.55. The van der Waals surface area contributed by atoms with Crippen LogP contribution in [0.2, 0.25) is 0 Å². The van der Waals surface area contributed by atoms with Crippen molar-refractivity contribution in [3.63, 3.8) is 0 Å². The first-order valence-corrected chi connectivity index (χ1v) is 8.21. The summed E-state index contributed by atoms with van der Waals surface area (Å²) in [6.07, 6.45) is 6.46. The molecule has 4 nitrogen and oxygen atoms in total. The van der Waals surface area contributed by atoms with Crippen molar-refractivity contribution in [2.45, 2.75) is 56.7 Å². The molecule has 0 spiro atoms.